The van der Waals surface area contributed by atoms with Gasteiger partial charge in [-0.25, -0.2) is 4.79 Å². The minimum absolute atomic E-state index is 0.0486. The highest BCUT2D eigenvalue weighted by molar-refractivity contribution is 5.77. The third-order valence-electron chi connectivity index (χ3n) is 3.07. The summed E-state index contributed by atoms with van der Waals surface area (Å²) < 4.78 is 8.90. The first-order valence-electron chi connectivity index (χ1n) is 7.25. The van der Waals surface area contributed by atoms with Gasteiger partial charge in [-0.2, -0.15) is 0 Å². The number of ether oxygens (including phenoxy) is 2. The van der Waals surface area contributed by atoms with E-state index in [1.165, 1.54) is 0 Å². The molecule has 1 N–H and O–H groups in total. The second-order valence-corrected chi connectivity index (χ2v) is 5.05. The molecule has 122 valence electrons. The lowest BCUT2D eigenvalue weighted by atomic mass is 10.2. The Morgan fingerprint density at radius 2 is 1.95 bits per heavy atom. The maximum atomic E-state index is 10.5. The number of aliphatic hydroxyl groups excluding tert-OH is 1. The Morgan fingerprint density at radius 1 is 1.27 bits per heavy atom. The number of hydrogen-bond acceptors (Lipinski definition) is 5. The lowest BCUT2D eigenvalue weighted by molar-refractivity contribution is -0.126. The number of cyclic esters (lactones) is 2. The molecular formula is C16H23NO5. The summed E-state index contributed by atoms with van der Waals surface area (Å²) in [5, 5.41) is 8.54. The standard InChI is InChI=1S/C7H8O.C5H9NO.C4H6O3/c8-6-7-4-2-1-3-5-7;1-6-4-2-3-5(6)7;1-3-2-6-4(5)7-3/h1-5,8H,6H2;2-4H2,1H3;3H,2H2,1H3. The van der Waals surface area contributed by atoms with E-state index in [2.05, 4.69) is 9.47 Å². The van der Waals surface area contributed by atoms with Crippen LogP contribution in [0.5, 0.6) is 0 Å². The lowest BCUT2D eigenvalue weighted by Crippen LogP contribution is -2.17. The van der Waals surface area contributed by atoms with Crippen molar-refractivity contribution in [3.05, 3.63) is 35.9 Å². The van der Waals surface area contributed by atoms with E-state index in [9.17, 15) is 9.59 Å². The van der Waals surface area contributed by atoms with Crippen LogP contribution in [0.4, 0.5) is 4.79 Å². The van der Waals surface area contributed by atoms with Gasteiger partial charge in [-0.15, -0.1) is 0 Å². The third-order valence-corrected chi connectivity index (χ3v) is 3.07. The first kappa shape index (κ1) is 18.0. The van der Waals surface area contributed by atoms with Crippen LogP contribution in [0.2, 0.25) is 0 Å². The summed E-state index contributed by atoms with van der Waals surface area (Å²) in [6, 6.07) is 9.52. The van der Waals surface area contributed by atoms with Crippen LogP contribution < -0.4 is 0 Å². The van der Waals surface area contributed by atoms with Crippen molar-refractivity contribution in [3.63, 3.8) is 0 Å². The van der Waals surface area contributed by atoms with Crippen LogP contribution in [0.3, 0.4) is 0 Å². The Labute approximate surface area is 130 Å². The number of amides is 1. The molecule has 1 aromatic carbocycles. The van der Waals surface area contributed by atoms with Crippen molar-refractivity contribution >= 4 is 12.1 Å². The van der Waals surface area contributed by atoms with Crippen molar-refractivity contribution < 1.29 is 24.2 Å². The van der Waals surface area contributed by atoms with Crippen molar-refractivity contribution in [1.29, 1.82) is 0 Å². The molecule has 0 aliphatic carbocycles. The highest BCUT2D eigenvalue weighted by Gasteiger charge is 2.19. The van der Waals surface area contributed by atoms with E-state index in [4.69, 9.17) is 5.11 Å². The Bertz CT molecular complexity index is 463. The predicted molar refractivity (Wildman–Crippen MR) is 81.1 cm³/mol. The zero-order valence-electron chi connectivity index (χ0n) is 13.0. The number of benzene rings is 1. The van der Waals surface area contributed by atoms with Gasteiger partial charge in [0.2, 0.25) is 5.91 Å². The minimum atomic E-state index is -0.549. The van der Waals surface area contributed by atoms with Crippen molar-refractivity contribution in [2.24, 2.45) is 0 Å². The molecule has 0 radical (unpaired) electrons. The smallest absolute Gasteiger partial charge is 0.430 e. The molecule has 1 amide bonds. The van der Waals surface area contributed by atoms with E-state index in [1.54, 1.807) is 11.8 Å². The monoisotopic (exact) mass is 309 g/mol. The third kappa shape index (κ3) is 7.08. The molecule has 6 nitrogen and oxygen atoms in total. The van der Waals surface area contributed by atoms with Crippen molar-refractivity contribution in [3.8, 4) is 0 Å². The number of carbonyl (C=O) groups excluding carboxylic acids is 2. The lowest BCUT2D eigenvalue weighted by Gasteiger charge is -2.03. The molecular weight excluding hydrogens is 286 g/mol. The number of rotatable bonds is 1. The molecule has 1 unspecified atom stereocenters. The van der Waals surface area contributed by atoms with E-state index in [0.717, 1.165) is 24.9 Å². The molecule has 6 heteroatoms. The van der Waals surface area contributed by atoms with E-state index in [-0.39, 0.29) is 12.7 Å². The van der Waals surface area contributed by atoms with Gasteiger partial charge in [0, 0.05) is 20.0 Å². The molecule has 0 spiro atoms. The first-order valence-corrected chi connectivity index (χ1v) is 7.25. The van der Waals surface area contributed by atoms with Crippen LogP contribution in [-0.4, -0.2) is 48.4 Å². The number of aliphatic hydroxyl groups is 1. The van der Waals surface area contributed by atoms with Gasteiger partial charge in [-0.05, 0) is 18.9 Å². The quantitative estimate of drug-likeness (QED) is 0.803. The SMILES string of the molecule is CC1COC(=O)O1.CN1CCCC1=O.OCc1ccccc1. The van der Waals surface area contributed by atoms with Crippen molar-refractivity contribution in [1.82, 2.24) is 4.90 Å². The molecule has 2 fully saturated rings. The molecule has 22 heavy (non-hydrogen) atoms. The van der Waals surface area contributed by atoms with Crippen LogP contribution in [-0.2, 0) is 20.9 Å². The zero-order valence-corrected chi connectivity index (χ0v) is 13.0. The van der Waals surface area contributed by atoms with Crippen LogP contribution in [0, 0.1) is 0 Å². The summed E-state index contributed by atoms with van der Waals surface area (Å²) in [6.07, 6.45) is 1.21. The van der Waals surface area contributed by atoms with E-state index < -0.39 is 6.16 Å². The topological polar surface area (TPSA) is 76.1 Å². The fraction of sp³-hybridized carbons (Fsp3) is 0.500. The van der Waals surface area contributed by atoms with Crippen LogP contribution in [0.15, 0.2) is 30.3 Å². The second-order valence-electron chi connectivity index (χ2n) is 5.05. The fourth-order valence-electron chi connectivity index (χ4n) is 1.78. The van der Waals surface area contributed by atoms with E-state index in [0.29, 0.717) is 12.5 Å². The molecule has 1 aromatic rings. The zero-order chi connectivity index (χ0) is 16.4. The summed E-state index contributed by atoms with van der Waals surface area (Å²) in [7, 11) is 1.84. The van der Waals surface area contributed by atoms with Crippen LogP contribution in [0.1, 0.15) is 25.3 Å². The summed E-state index contributed by atoms with van der Waals surface area (Å²) in [4.78, 5) is 22.3. The van der Waals surface area contributed by atoms with Gasteiger partial charge in [0.05, 0.1) is 6.61 Å². The molecule has 3 rings (SSSR count). The maximum Gasteiger partial charge on any atom is 0.508 e. The normalized spacial score (nSPS) is 19.4. The number of carbonyl (C=O) groups is 2. The predicted octanol–water partition coefficient (Wildman–Crippen LogP) is 1.96. The van der Waals surface area contributed by atoms with Gasteiger partial charge in [0.1, 0.15) is 12.7 Å². The second kappa shape index (κ2) is 9.78. The number of likely N-dealkylation sites (tertiary alicyclic amines) is 1. The first-order chi connectivity index (χ1) is 10.5. The van der Waals surface area contributed by atoms with E-state index >= 15 is 0 Å². The number of nitrogens with zero attached hydrogens (tertiary/aromatic N) is 1. The van der Waals surface area contributed by atoms with Gasteiger partial charge in [-0.3, -0.25) is 4.79 Å². The van der Waals surface area contributed by atoms with Gasteiger partial charge in [0.25, 0.3) is 0 Å². The highest BCUT2D eigenvalue weighted by Crippen LogP contribution is 2.05. The van der Waals surface area contributed by atoms with E-state index in [1.807, 2.05) is 37.4 Å². The summed E-state index contributed by atoms with van der Waals surface area (Å²) >= 11 is 0. The average Bonchev–Trinajstić information content (AvgIpc) is 3.09. The Morgan fingerprint density at radius 3 is 2.18 bits per heavy atom. The fourth-order valence-corrected chi connectivity index (χ4v) is 1.78. The molecule has 2 saturated heterocycles. The van der Waals surface area contributed by atoms with Gasteiger partial charge < -0.3 is 19.5 Å². The molecule has 2 heterocycles. The summed E-state index contributed by atoms with van der Waals surface area (Å²) in [5.74, 6) is 0.292. The summed E-state index contributed by atoms with van der Waals surface area (Å²) in [6.45, 7) is 3.28. The Kier molecular flexibility index (Phi) is 7.99. The van der Waals surface area contributed by atoms with Crippen molar-refractivity contribution in [2.45, 2.75) is 32.5 Å². The molecule has 0 bridgehead atoms. The largest absolute Gasteiger partial charge is 0.508 e. The summed E-state index contributed by atoms with van der Waals surface area (Å²) in [5.41, 5.74) is 0.965. The molecule has 0 saturated carbocycles. The molecule has 0 aromatic heterocycles. The molecule has 2 aliphatic rings. The maximum absolute atomic E-state index is 10.5. The van der Waals surface area contributed by atoms with Crippen LogP contribution in [0.25, 0.3) is 0 Å². The van der Waals surface area contributed by atoms with Gasteiger partial charge in [0.15, 0.2) is 0 Å². The van der Waals surface area contributed by atoms with Gasteiger partial charge in [-0.1, -0.05) is 30.3 Å². The highest BCUT2D eigenvalue weighted by atomic mass is 16.8. The minimum Gasteiger partial charge on any atom is -0.430 e. The molecule has 1 atom stereocenters. The molecule has 2 aliphatic heterocycles. The van der Waals surface area contributed by atoms with Crippen molar-refractivity contribution in [2.75, 3.05) is 20.2 Å². The van der Waals surface area contributed by atoms with Crippen LogP contribution >= 0.6 is 0 Å². The van der Waals surface area contributed by atoms with Gasteiger partial charge >= 0.3 is 6.16 Å². The Hall–Kier alpha value is -2.08. The number of hydrogen-bond donors (Lipinski definition) is 1. The average molecular weight is 309 g/mol. The Balaban J connectivity index is 0.000000166.